The van der Waals surface area contributed by atoms with Crippen LogP contribution in [0.15, 0.2) is 60.7 Å². The SMILES string of the molecule is CC1(C)O[C@H]2O[C@](CO)(COCc3ccccc3)[C@@H](OCc3ccccc3)[C@H]2O1. The lowest BCUT2D eigenvalue weighted by atomic mass is 9.96. The van der Waals surface area contributed by atoms with Crippen LogP contribution in [0, 0.1) is 0 Å². The normalized spacial score (nSPS) is 30.4. The molecule has 0 aromatic heterocycles. The van der Waals surface area contributed by atoms with Gasteiger partial charge in [-0.05, 0) is 25.0 Å². The van der Waals surface area contributed by atoms with Crippen LogP contribution in [-0.4, -0.2) is 48.2 Å². The first-order valence-electron chi connectivity index (χ1n) is 9.93. The van der Waals surface area contributed by atoms with Gasteiger partial charge in [-0.2, -0.15) is 0 Å². The molecule has 2 saturated heterocycles. The molecule has 2 aromatic rings. The Labute approximate surface area is 171 Å². The summed E-state index contributed by atoms with van der Waals surface area (Å²) in [6, 6.07) is 19.8. The van der Waals surface area contributed by atoms with Gasteiger partial charge in [-0.3, -0.25) is 0 Å². The van der Waals surface area contributed by atoms with Gasteiger partial charge in [0.15, 0.2) is 12.1 Å². The van der Waals surface area contributed by atoms with E-state index >= 15 is 0 Å². The molecule has 1 N–H and O–H groups in total. The summed E-state index contributed by atoms with van der Waals surface area (Å²) in [5.74, 6) is -0.768. The second kappa shape index (κ2) is 8.52. The molecule has 2 heterocycles. The summed E-state index contributed by atoms with van der Waals surface area (Å²) in [5.41, 5.74) is 1.02. The van der Waals surface area contributed by atoms with Gasteiger partial charge in [0.2, 0.25) is 0 Å². The van der Waals surface area contributed by atoms with E-state index in [0.717, 1.165) is 11.1 Å². The molecule has 2 aromatic carbocycles. The molecule has 0 aliphatic carbocycles. The molecule has 4 atom stereocenters. The van der Waals surface area contributed by atoms with Crippen molar-refractivity contribution in [2.24, 2.45) is 0 Å². The molecule has 2 fully saturated rings. The molecule has 6 heteroatoms. The van der Waals surface area contributed by atoms with Crippen LogP contribution in [0.4, 0.5) is 0 Å². The van der Waals surface area contributed by atoms with Gasteiger partial charge in [-0.15, -0.1) is 0 Å². The summed E-state index contributed by atoms with van der Waals surface area (Å²) in [5, 5.41) is 10.3. The lowest BCUT2D eigenvalue weighted by Gasteiger charge is -2.35. The number of rotatable bonds is 8. The zero-order valence-corrected chi connectivity index (χ0v) is 16.8. The topological polar surface area (TPSA) is 66.4 Å². The molecule has 29 heavy (non-hydrogen) atoms. The average Bonchev–Trinajstić information content (AvgIpc) is 3.17. The Balaban J connectivity index is 1.48. The summed E-state index contributed by atoms with van der Waals surface area (Å²) in [6.45, 7) is 4.38. The predicted octanol–water partition coefficient (Wildman–Crippen LogP) is 3.03. The number of fused-ring (bicyclic) bond motifs is 1. The molecule has 0 saturated carbocycles. The Morgan fingerprint density at radius 3 is 2.10 bits per heavy atom. The van der Waals surface area contributed by atoms with E-state index in [0.29, 0.717) is 13.2 Å². The fourth-order valence-electron chi connectivity index (χ4n) is 3.86. The average molecular weight is 400 g/mol. The van der Waals surface area contributed by atoms with Gasteiger partial charge in [0.25, 0.3) is 0 Å². The molecule has 2 aliphatic rings. The van der Waals surface area contributed by atoms with Crippen molar-refractivity contribution < 1.29 is 28.8 Å². The van der Waals surface area contributed by atoms with E-state index in [-0.39, 0.29) is 13.2 Å². The van der Waals surface area contributed by atoms with E-state index in [2.05, 4.69) is 0 Å². The largest absolute Gasteiger partial charge is 0.393 e. The number of hydrogen-bond donors (Lipinski definition) is 1. The van der Waals surface area contributed by atoms with Crippen molar-refractivity contribution in [3.63, 3.8) is 0 Å². The van der Waals surface area contributed by atoms with Gasteiger partial charge in [0.05, 0.1) is 26.4 Å². The number of aliphatic hydroxyl groups excluding tert-OH is 1. The van der Waals surface area contributed by atoms with Crippen molar-refractivity contribution in [2.45, 2.75) is 56.9 Å². The predicted molar refractivity (Wildman–Crippen MR) is 106 cm³/mol. The highest BCUT2D eigenvalue weighted by Gasteiger charge is 2.62. The summed E-state index contributed by atoms with van der Waals surface area (Å²) >= 11 is 0. The van der Waals surface area contributed by atoms with Gasteiger partial charge < -0.3 is 28.8 Å². The highest BCUT2D eigenvalue weighted by atomic mass is 16.8. The maximum absolute atomic E-state index is 10.3. The lowest BCUT2D eigenvalue weighted by molar-refractivity contribution is -0.261. The molecule has 0 spiro atoms. The van der Waals surface area contributed by atoms with E-state index in [1.54, 1.807) is 0 Å². The minimum Gasteiger partial charge on any atom is -0.393 e. The van der Waals surface area contributed by atoms with Crippen molar-refractivity contribution in [2.75, 3.05) is 13.2 Å². The van der Waals surface area contributed by atoms with Gasteiger partial charge in [-0.25, -0.2) is 0 Å². The van der Waals surface area contributed by atoms with Crippen LogP contribution in [0.2, 0.25) is 0 Å². The molecule has 0 amide bonds. The second-order valence-electron chi connectivity index (χ2n) is 8.00. The molecule has 156 valence electrons. The van der Waals surface area contributed by atoms with E-state index in [1.807, 2.05) is 74.5 Å². The van der Waals surface area contributed by atoms with E-state index in [1.165, 1.54) is 0 Å². The molecular weight excluding hydrogens is 372 g/mol. The quantitative estimate of drug-likeness (QED) is 0.735. The van der Waals surface area contributed by atoms with Crippen molar-refractivity contribution in [1.29, 1.82) is 0 Å². The van der Waals surface area contributed by atoms with Crippen LogP contribution in [-0.2, 0) is 36.9 Å². The maximum atomic E-state index is 10.3. The highest BCUT2D eigenvalue weighted by molar-refractivity contribution is 5.15. The third kappa shape index (κ3) is 4.53. The van der Waals surface area contributed by atoms with Gasteiger partial charge in [0, 0.05) is 0 Å². The van der Waals surface area contributed by atoms with Gasteiger partial charge in [0.1, 0.15) is 17.8 Å². The van der Waals surface area contributed by atoms with Crippen LogP contribution < -0.4 is 0 Å². The van der Waals surface area contributed by atoms with E-state index in [9.17, 15) is 5.11 Å². The van der Waals surface area contributed by atoms with Crippen molar-refractivity contribution in [3.8, 4) is 0 Å². The van der Waals surface area contributed by atoms with Gasteiger partial charge in [-0.1, -0.05) is 60.7 Å². The van der Waals surface area contributed by atoms with Crippen molar-refractivity contribution in [1.82, 2.24) is 0 Å². The third-order valence-corrected chi connectivity index (χ3v) is 5.25. The summed E-state index contributed by atoms with van der Waals surface area (Å²) in [6.07, 6.45) is -1.59. The monoisotopic (exact) mass is 400 g/mol. The Kier molecular flexibility index (Phi) is 6.01. The minimum atomic E-state index is -1.06. The number of ether oxygens (including phenoxy) is 5. The Bertz CT molecular complexity index is 780. The lowest BCUT2D eigenvalue weighted by Crippen LogP contribution is -2.52. The Hall–Kier alpha value is -1.80. The summed E-state index contributed by atoms with van der Waals surface area (Å²) in [4.78, 5) is 0. The number of hydrogen-bond acceptors (Lipinski definition) is 6. The van der Waals surface area contributed by atoms with E-state index < -0.39 is 29.9 Å². The Morgan fingerprint density at radius 1 is 0.862 bits per heavy atom. The first-order valence-corrected chi connectivity index (χ1v) is 9.93. The summed E-state index contributed by atoms with van der Waals surface area (Å²) < 4.78 is 30.2. The highest BCUT2D eigenvalue weighted by Crippen LogP contribution is 2.44. The van der Waals surface area contributed by atoms with E-state index in [4.69, 9.17) is 23.7 Å². The standard InChI is InChI=1S/C23H28O6/c1-22(2)27-19-20(26-14-18-11-7-4-8-12-18)23(15-24,29-21(19)28-22)16-25-13-17-9-5-3-6-10-17/h3-12,19-21,24H,13-16H2,1-2H3/t19-,20+,21+,23-/m1/s1. The molecule has 0 unspecified atom stereocenters. The smallest absolute Gasteiger partial charge is 0.190 e. The molecule has 0 radical (unpaired) electrons. The van der Waals surface area contributed by atoms with Crippen LogP contribution in [0.25, 0.3) is 0 Å². The van der Waals surface area contributed by atoms with Crippen LogP contribution >= 0.6 is 0 Å². The molecule has 0 bridgehead atoms. The minimum absolute atomic E-state index is 0.165. The van der Waals surface area contributed by atoms with Crippen molar-refractivity contribution >= 4 is 0 Å². The van der Waals surface area contributed by atoms with Crippen LogP contribution in [0.5, 0.6) is 0 Å². The van der Waals surface area contributed by atoms with Crippen LogP contribution in [0.1, 0.15) is 25.0 Å². The maximum Gasteiger partial charge on any atom is 0.190 e. The third-order valence-electron chi connectivity index (χ3n) is 5.25. The molecular formula is C23H28O6. The fraction of sp³-hybridized carbons (Fsp3) is 0.478. The fourth-order valence-corrected chi connectivity index (χ4v) is 3.86. The first kappa shape index (κ1) is 20.5. The summed E-state index contributed by atoms with van der Waals surface area (Å²) in [7, 11) is 0. The number of benzene rings is 2. The Morgan fingerprint density at radius 2 is 1.48 bits per heavy atom. The molecule has 6 nitrogen and oxygen atoms in total. The molecule has 4 rings (SSSR count). The molecule has 2 aliphatic heterocycles. The van der Waals surface area contributed by atoms with Gasteiger partial charge >= 0.3 is 0 Å². The zero-order chi connectivity index (χ0) is 20.3. The van der Waals surface area contributed by atoms with Crippen LogP contribution in [0.3, 0.4) is 0 Å². The zero-order valence-electron chi connectivity index (χ0n) is 16.8. The first-order chi connectivity index (χ1) is 14.0. The second-order valence-corrected chi connectivity index (χ2v) is 8.00. The number of aliphatic hydroxyl groups is 1. The van der Waals surface area contributed by atoms with Crippen molar-refractivity contribution in [3.05, 3.63) is 71.8 Å².